The molecule has 0 aliphatic heterocycles. The topological polar surface area (TPSA) is 34.1 Å². The number of aromatic nitrogens is 1. The van der Waals surface area contributed by atoms with Gasteiger partial charge in [0.1, 0.15) is 5.75 Å². The molecule has 2 aromatic rings. The first-order chi connectivity index (χ1) is 10.0. The zero-order valence-electron chi connectivity index (χ0n) is 13.3. The molecule has 3 nitrogen and oxygen atoms in total. The summed E-state index contributed by atoms with van der Waals surface area (Å²) < 4.78 is 5.82. The molecule has 1 aromatic carbocycles. The molecule has 0 atom stereocenters. The number of pyridine rings is 1. The van der Waals surface area contributed by atoms with Gasteiger partial charge < -0.3 is 10.1 Å². The molecule has 0 spiro atoms. The first kappa shape index (κ1) is 15.5. The van der Waals surface area contributed by atoms with Crippen molar-refractivity contribution < 1.29 is 4.74 Å². The van der Waals surface area contributed by atoms with Crippen LogP contribution < -0.4 is 10.1 Å². The Morgan fingerprint density at radius 1 is 1.10 bits per heavy atom. The zero-order valence-corrected chi connectivity index (χ0v) is 13.3. The number of nitrogens with one attached hydrogen (secondary N) is 1. The third-order valence-electron chi connectivity index (χ3n) is 3.26. The van der Waals surface area contributed by atoms with Gasteiger partial charge >= 0.3 is 0 Å². The van der Waals surface area contributed by atoms with E-state index in [-0.39, 0.29) is 0 Å². The van der Waals surface area contributed by atoms with Crippen LogP contribution >= 0.6 is 0 Å². The summed E-state index contributed by atoms with van der Waals surface area (Å²) in [5, 5.41) is 3.37. The quantitative estimate of drug-likeness (QED) is 0.848. The van der Waals surface area contributed by atoms with Gasteiger partial charge in [0.25, 0.3) is 0 Å². The van der Waals surface area contributed by atoms with Crippen LogP contribution in [-0.4, -0.2) is 11.0 Å². The van der Waals surface area contributed by atoms with E-state index in [0.29, 0.717) is 17.8 Å². The van der Waals surface area contributed by atoms with Crippen molar-refractivity contribution in [3.8, 4) is 11.6 Å². The van der Waals surface area contributed by atoms with Crippen molar-refractivity contribution in [2.75, 3.05) is 0 Å². The second-order valence-corrected chi connectivity index (χ2v) is 5.87. The maximum atomic E-state index is 5.82. The highest BCUT2D eigenvalue weighted by molar-refractivity contribution is 5.33. The number of ether oxygens (including phenoxy) is 1. The minimum atomic E-state index is 0.472. The number of benzene rings is 1. The second kappa shape index (κ2) is 7.23. The maximum absolute atomic E-state index is 5.82. The highest BCUT2D eigenvalue weighted by Gasteiger charge is 2.03. The molecule has 1 heterocycles. The first-order valence-corrected chi connectivity index (χ1v) is 7.50. The Balaban J connectivity index is 2.01. The van der Waals surface area contributed by atoms with Crippen molar-refractivity contribution in [2.45, 2.75) is 46.2 Å². The van der Waals surface area contributed by atoms with Gasteiger partial charge in [-0.15, -0.1) is 0 Å². The van der Waals surface area contributed by atoms with Gasteiger partial charge in [0, 0.05) is 24.8 Å². The molecule has 0 bridgehead atoms. The van der Waals surface area contributed by atoms with E-state index in [0.717, 1.165) is 17.9 Å². The molecular formula is C18H24N2O. The van der Waals surface area contributed by atoms with E-state index in [1.807, 2.05) is 30.5 Å². The minimum Gasteiger partial charge on any atom is -0.439 e. The number of hydrogen-bond acceptors (Lipinski definition) is 3. The van der Waals surface area contributed by atoms with Crippen LogP contribution in [0, 0.1) is 0 Å². The molecule has 21 heavy (non-hydrogen) atoms. The van der Waals surface area contributed by atoms with Crippen molar-refractivity contribution in [2.24, 2.45) is 0 Å². The monoisotopic (exact) mass is 284 g/mol. The lowest BCUT2D eigenvalue weighted by molar-refractivity contribution is 0.461. The van der Waals surface area contributed by atoms with Crippen molar-refractivity contribution in [1.82, 2.24) is 10.3 Å². The molecule has 2 rings (SSSR count). The van der Waals surface area contributed by atoms with E-state index in [1.165, 1.54) is 5.56 Å². The van der Waals surface area contributed by atoms with Gasteiger partial charge in [-0.3, -0.25) is 0 Å². The molecule has 0 aliphatic carbocycles. The van der Waals surface area contributed by atoms with Crippen LogP contribution in [0.15, 0.2) is 42.6 Å². The highest BCUT2D eigenvalue weighted by Crippen LogP contribution is 2.24. The van der Waals surface area contributed by atoms with E-state index in [4.69, 9.17) is 4.74 Å². The van der Waals surface area contributed by atoms with E-state index in [2.05, 4.69) is 50.1 Å². The summed E-state index contributed by atoms with van der Waals surface area (Å²) in [6, 6.07) is 12.6. The van der Waals surface area contributed by atoms with Crippen molar-refractivity contribution in [3.63, 3.8) is 0 Å². The molecule has 0 fully saturated rings. The fraction of sp³-hybridized carbons (Fsp3) is 0.389. The summed E-state index contributed by atoms with van der Waals surface area (Å²) in [6.07, 6.45) is 1.86. The van der Waals surface area contributed by atoms with Gasteiger partial charge in [-0.25, -0.2) is 4.98 Å². The van der Waals surface area contributed by atoms with Crippen LogP contribution in [0.2, 0.25) is 0 Å². The van der Waals surface area contributed by atoms with Gasteiger partial charge in [0.2, 0.25) is 5.88 Å². The lowest BCUT2D eigenvalue weighted by Crippen LogP contribution is -2.21. The molecule has 112 valence electrons. The molecular weight excluding hydrogens is 260 g/mol. The third kappa shape index (κ3) is 4.87. The molecule has 1 N–H and O–H groups in total. The fourth-order valence-electron chi connectivity index (χ4n) is 1.96. The SMILES string of the molecule is CC(C)NCc1ccc(Oc2cccc(C(C)C)c2)nc1. The van der Waals surface area contributed by atoms with Crippen LogP contribution in [0.4, 0.5) is 0 Å². The molecule has 3 heteroatoms. The van der Waals surface area contributed by atoms with E-state index >= 15 is 0 Å². The molecule has 0 saturated carbocycles. The van der Waals surface area contributed by atoms with E-state index < -0.39 is 0 Å². The highest BCUT2D eigenvalue weighted by atomic mass is 16.5. The molecule has 0 unspecified atom stereocenters. The number of hydrogen-bond donors (Lipinski definition) is 1. The van der Waals surface area contributed by atoms with Crippen LogP contribution in [-0.2, 0) is 6.54 Å². The number of rotatable bonds is 6. The minimum absolute atomic E-state index is 0.472. The van der Waals surface area contributed by atoms with Crippen molar-refractivity contribution in [1.29, 1.82) is 0 Å². The third-order valence-corrected chi connectivity index (χ3v) is 3.26. The van der Waals surface area contributed by atoms with Crippen molar-refractivity contribution in [3.05, 3.63) is 53.7 Å². The van der Waals surface area contributed by atoms with Crippen LogP contribution in [0.25, 0.3) is 0 Å². The summed E-state index contributed by atoms with van der Waals surface area (Å²) >= 11 is 0. The average molecular weight is 284 g/mol. The predicted octanol–water partition coefficient (Wildman–Crippen LogP) is 4.50. The largest absolute Gasteiger partial charge is 0.439 e. The van der Waals surface area contributed by atoms with Gasteiger partial charge in [-0.1, -0.05) is 45.9 Å². The standard InChI is InChI=1S/C18H24N2O/c1-13(2)16-6-5-7-17(10-16)21-18-9-8-15(12-20-18)11-19-14(3)4/h5-10,12-14,19H,11H2,1-4H3. The average Bonchev–Trinajstić information content (AvgIpc) is 2.47. The summed E-state index contributed by atoms with van der Waals surface area (Å²) in [7, 11) is 0. The Kier molecular flexibility index (Phi) is 5.34. The Hall–Kier alpha value is -1.87. The van der Waals surface area contributed by atoms with Gasteiger partial charge in [0.05, 0.1) is 0 Å². The van der Waals surface area contributed by atoms with Crippen LogP contribution in [0.3, 0.4) is 0 Å². The Morgan fingerprint density at radius 3 is 2.52 bits per heavy atom. The first-order valence-electron chi connectivity index (χ1n) is 7.50. The molecule has 0 saturated heterocycles. The molecule has 1 aromatic heterocycles. The smallest absolute Gasteiger partial charge is 0.219 e. The Morgan fingerprint density at radius 2 is 1.90 bits per heavy atom. The Bertz CT molecular complexity index is 562. The maximum Gasteiger partial charge on any atom is 0.219 e. The van der Waals surface area contributed by atoms with Gasteiger partial charge in [-0.2, -0.15) is 0 Å². The summed E-state index contributed by atoms with van der Waals surface area (Å²) in [5.74, 6) is 1.96. The fourth-order valence-corrected chi connectivity index (χ4v) is 1.96. The number of nitrogens with zero attached hydrogens (tertiary/aromatic N) is 1. The lowest BCUT2D eigenvalue weighted by atomic mass is 10.0. The predicted molar refractivity (Wildman–Crippen MR) is 86.8 cm³/mol. The van der Waals surface area contributed by atoms with Crippen molar-refractivity contribution >= 4 is 0 Å². The van der Waals surface area contributed by atoms with Gasteiger partial charge in [0.15, 0.2) is 0 Å². The van der Waals surface area contributed by atoms with Crippen LogP contribution in [0.5, 0.6) is 11.6 Å². The summed E-state index contributed by atoms with van der Waals surface area (Å²) in [6.45, 7) is 9.44. The van der Waals surface area contributed by atoms with Crippen LogP contribution in [0.1, 0.15) is 44.7 Å². The second-order valence-electron chi connectivity index (χ2n) is 5.87. The molecule has 0 radical (unpaired) electrons. The van der Waals surface area contributed by atoms with E-state index in [9.17, 15) is 0 Å². The Labute approximate surface area is 127 Å². The molecule has 0 amide bonds. The summed E-state index contributed by atoms with van der Waals surface area (Å²) in [5.41, 5.74) is 2.43. The molecule has 0 aliphatic rings. The normalized spacial score (nSPS) is 11.1. The van der Waals surface area contributed by atoms with E-state index in [1.54, 1.807) is 0 Å². The summed E-state index contributed by atoms with van der Waals surface area (Å²) in [4.78, 5) is 4.36. The lowest BCUT2D eigenvalue weighted by Gasteiger charge is -2.10. The zero-order chi connectivity index (χ0) is 15.2. The van der Waals surface area contributed by atoms with Gasteiger partial charge in [-0.05, 0) is 29.2 Å².